The van der Waals surface area contributed by atoms with Crippen LogP contribution in [0.2, 0.25) is 0 Å². The molecule has 1 nitrogen and oxygen atoms in total. The first-order valence-electron chi connectivity index (χ1n) is 5.92. The van der Waals surface area contributed by atoms with Gasteiger partial charge in [-0.05, 0) is 60.7 Å². The van der Waals surface area contributed by atoms with Crippen molar-refractivity contribution in [1.29, 1.82) is 0 Å². The van der Waals surface area contributed by atoms with Crippen molar-refractivity contribution < 1.29 is 5.11 Å². The van der Waals surface area contributed by atoms with E-state index in [1.165, 1.54) is 19.3 Å². The van der Waals surface area contributed by atoms with Crippen LogP contribution in [0.25, 0.3) is 0 Å². The predicted octanol–water partition coefficient (Wildman–Crippen LogP) is 2.05. The van der Waals surface area contributed by atoms with Gasteiger partial charge in [0.25, 0.3) is 0 Å². The summed E-state index contributed by atoms with van der Waals surface area (Å²) in [5.41, 5.74) is 0.350. The molecule has 0 heterocycles. The van der Waals surface area contributed by atoms with Crippen LogP contribution in [0.4, 0.5) is 0 Å². The fourth-order valence-electron chi connectivity index (χ4n) is 5.57. The molecule has 13 heavy (non-hydrogen) atoms. The highest BCUT2D eigenvalue weighted by Crippen LogP contribution is 2.79. The van der Waals surface area contributed by atoms with Gasteiger partial charge in [0, 0.05) is 0 Å². The second-order valence-corrected chi connectivity index (χ2v) is 6.07. The van der Waals surface area contributed by atoms with E-state index < -0.39 is 0 Å². The molecule has 4 fully saturated rings. The molecular formula is C12H18O. The molecule has 0 radical (unpaired) electrons. The zero-order chi connectivity index (χ0) is 8.79. The van der Waals surface area contributed by atoms with E-state index in [1.807, 2.05) is 0 Å². The van der Waals surface area contributed by atoms with Crippen LogP contribution in [0.1, 0.15) is 32.6 Å². The van der Waals surface area contributed by atoms with E-state index in [0.29, 0.717) is 5.41 Å². The molecule has 4 aliphatic rings. The molecule has 0 spiro atoms. The van der Waals surface area contributed by atoms with Crippen molar-refractivity contribution in [2.75, 3.05) is 0 Å². The first-order chi connectivity index (χ1) is 6.24. The fraction of sp³-hybridized carbons (Fsp3) is 1.00. The lowest BCUT2D eigenvalue weighted by Gasteiger charge is -2.35. The van der Waals surface area contributed by atoms with E-state index >= 15 is 0 Å². The summed E-state index contributed by atoms with van der Waals surface area (Å²) in [6.45, 7) is 2.38. The summed E-state index contributed by atoms with van der Waals surface area (Å²) in [6, 6.07) is 0. The Morgan fingerprint density at radius 3 is 2.31 bits per heavy atom. The van der Waals surface area contributed by atoms with Crippen molar-refractivity contribution in [2.45, 2.75) is 38.7 Å². The molecule has 0 saturated heterocycles. The molecule has 0 amide bonds. The molecule has 4 rings (SSSR count). The topological polar surface area (TPSA) is 20.2 Å². The summed E-state index contributed by atoms with van der Waals surface area (Å²) in [5, 5.41) is 10.1. The lowest BCUT2D eigenvalue weighted by molar-refractivity contribution is 0.00842. The highest BCUT2D eigenvalue weighted by molar-refractivity contribution is 5.23. The maximum Gasteiger partial charge on any atom is 0.0599 e. The molecule has 4 aliphatic carbocycles. The zero-order valence-electron chi connectivity index (χ0n) is 8.24. The van der Waals surface area contributed by atoms with Crippen LogP contribution < -0.4 is 0 Å². The van der Waals surface area contributed by atoms with Gasteiger partial charge in [0.15, 0.2) is 0 Å². The molecular weight excluding hydrogens is 160 g/mol. The van der Waals surface area contributed by atoms with E-state index in [-0.39, 0.29) is 6.10 Å². The quantitative estimate of drug-likeness (QED) is 0.602. The monoisotopic (exact) mass is 178 g/mol. The summed E-state index contributed by atoms with van der Waals surface area (Å²) < 4.78 is 0. The Bertz CT molecular complexity index is 270. The van der Waals surface area contributed by atoms with Crippen molar-refractivity contribution >= 4 is 0 Å². The Hall–Kier alpha value is -0.0400. The van der Waals surface area contributed by atoms with E-state index in [9.17, 15) is 5.11 Å². The van der Waals surface area contributed by atoms with Crippen LogP contribution >= 0.6 is 0 Å². The van der Waals surface area contributed by atoms with Crippen LogP contribution in [0, 0.1) is 35.0 Å². The van der Waals surface area contributed by atoms with Gasteiger partial charge >= 0.3 is 0 Å². The summed E-state index contributed by atoms with van der Waals surface area (Å²) in [5.74, 6) is 5.04. The van der Waals surface area contributed by atoms with E-state index in [1.54, 1.807) is 0 Å². The van der Waals surface area contributed by atoms with Gasteiger partial charge in [0.2, 0.25) is 0 Å². The molecule has 1 heteroatoms. The van der Waals surface area contributed by atoms with E-state index in [2.05, 4.69) is 6.92 Å². The van der Waals surface area contributed by atoms with Crippen molar-refractivity contribution in [2.24, 2.45) is 35.0 Å². The van der Waals surface area contributed by atoms with Gasteiger partial charge in [-0.3, -0.25) is 0 Å². The molecule has 0 aromatic carbocycles. The smallest absolute Gasteiger partial charge is 0.0599 e. The second-order valence-electron chi connectivity index (χ2n) is 6.07. The first kappa shape index (κ1) is 7.28. The van der Waals surface area contributed by atoms with Crippen molar-refractivity contribution in [3.8, 4) is 0 Å². The molecule has 0 aliphatic heterocycles. The Balaban J connectivity index is 1.83. The van der Waals surface area contributed by atoms with Crippen molar-refractivity contribution in [3.05, 3.63) is 0 Å². The van der Waals surface area contributed by atoms with Gasteiger partial charge in [0.1, 0.15) is 0 Å². The molecule has 4 saturated carbocycles. The number of aliphatic hydroxyl groups excluding tert-OH is 1. The van der Waals surface area contributed by atoms with Gasteiger partial charge in [-0.15, -0.1) is 0 Å². The highest BCUT2D eigenvalue weighted by atomic mass is 16.3. The minimum absolute atomic E-state index is 0.0362. The fourth-order valence-corrected chi connectivity index (χ4v) is 5.57. The lowest BCUT2D eigenvalue weighted by atomic mass is 9.71. The number of fused-ring (bicyclic) bond motifs is 4. The number of rotatable bonds is 0. The summed E-state index contributed by atoms with van der Waals surface area (Å²) in [6.07, 6.45) is 5.36. The Labute approximate surface area is 79.5 Å². The Morgan fingerprint density at radius 1 is 1.00 bits per heavy atom. The summed E-state index contributed by atoms with van der Waals surface area (Å²) >= 11 is 0. The van der Waals surface area contributed by atoms with Gasteiger partial charge in [-0.2, -0.15) is 0 Å². The minimum atomic E-state index is 0.0362. The number of aliphatic hydroxyl groups is 1. The second kappa shape index (κ2) is 1.84. The van der Waals surface area contributed by atoms with Crippen LogP contribution in [0.15, 0.2) is 0 Å². The molecule has 72 valence electrons. The minimum Gasteiger partial charge on any atom is -0.393 e. The van der Waals surface area contributed by atoms with E-state index in [4.69, 9.17) is 0 Å². The van der Waals surface area contributed by atoms with Gasteiger partial charge in [-0.25, -0.2) is 0 Å². The number of hydrogen-bond acceptors (Lipinski definition) is 1. The standard InChI is InChI=1S/C12H18O/c1-12-7-3-2-6-10(7)11(6)8(12)4-5-9(12)13/h6-11,13H,2-5H2,1H3/t6?,7-,8-,9?,10+,11?,12+/m1/s1. The van der Waals surface area contributed by atoms with Crippen molar-refractivity contribution in [1.82, 2.24) is 0 Å². The first-order valence-corrected chi connectivity index (χ1v) is 5.92. The normalized spacial score (nSPS) is 72.5. The van der Waals surface area contributed by atoms with Gasteiger partial charge < -0.3 is 5.11 Å². The van der Waals surface area contributed by atoms with E-state index in [0.717, 1.165) is 36.0 Å². The summed E-state index contributed by atoms with van der Waals surface area (Å²) in [4.78, 5) is 0. The molecule has 1 N–H and O–H groups in total. The zero-order valence-corrected chi connectivity index (χ0v) is 8.24. The molecule has 0 aromatic heterocycles. The van der Waals surface area contributed by atoms with Gasteiger partial charge in [0.05, 0.1) is 6.10 Å². The molecule has 7 atom stereocenters. The van der Waals surface area contributed by atoms with Crippen LogP contribution in [0.3, 0.4) is 0 Å². The van der Waals surface area contributed by atoms with Crippen LogP contribution in [-0.2, 0) is 0 Å². The third-order valence-electron chi connectivity index (χ3n) is 6.10. The third kappa shape index (κ3) is 0.562. The highest BCUT2D eigenvalue weighted by Gasteiger charge is 2.75. The van der Waals surface area contributed by atoms with Crippen LogP contribution in [-0.4, -0.2) is 11.2 Å². The number of hydrogen-bond donors (Lipinski definition) is 1. The van der Waals surface area contributed by atoms with Crippen LogP contribution in [0.5, 0.6) is 0 Å². The van der Waals surface area contributed by atoms with Gasteiger partial charge in [-0.1, -0.05) is 6.92 Å². The molecule has 0 aromatic rings. The molecule has 3 unspecified atom stereocenters. The molecule has 0 bridgehead atoms. The SMILES string of the molecule is C[C@@]12C(O)CC[C@@H]1C1C3CC[C@@H]2[C@H]31. The van der Waals surface area contributed by atoms with Crippen molar-refractivity contribution in [3.63, 3.8) is 0 Å². The third-order valence-corrected chi connectivity index (χ3v) is 6.10. The maximum atomic E-state index is 10.1. The Kier molecular flexibility index (Phi) is 1.03. The Morgan fingerprint density at radius 2 is 1.62 bits per heavy atom. The maximum absolute atomic E-state index is 10.1. The predicted molar refractivity (Wildman–Crippen MR) is 50.0 cm³/mol. The summed E-state index contributed by atoms with van der Waals surface area (Å²) in [7, 11) is 0. The lowest BCUT2D eigenvalue weighted by Crippen LogP contribution is -2.36. The average Bonchev–Trinajstić information content (AvgIpc) is 2.45. The largest absolute Gasteiger partial charge is 0.393 e. The average molecular weight is 178 g/mol.